The molecule has 9 nitrogen and oxygen atoms in total. The van der Waals surface area contributed by atoms with E-state index in [9.17, 15) is 19.0 Å². The molecule has 0 radical (unpaired) electrons. The largest absolute Gasteiger partial charge is 0.756 e. The van der Waals surface area contributed by atoms with Gasteiger partial charge in [0.2, 0.25) is 0 Å². The molecule has 81 heavy (non-hydrogen) atoms. The first-order valence-corrected chi connectivity index (χ1v) is 34.6. The first kappa shape index (κ1) is 77.7. The summed E-state index contributed by atoms with van der Waals surface area (Å²) in [6, 6.07) is 0. The van der Waals surface area contributed by atoms with Crippen LogP contribution in [0.3, 0.4) is 0 Å². The number of nitrogens with zero attached hydrogens (tertiary/aromatic N) is 1. The second kappa shape index (κ2) is 61.2. The highest BCUT2D eigenvalue weighted by Gasteiger charge is 2.22. The van der Waals surface area contributed by atoms with E-state index < -0.39 is 26.5 Å². The fourth-order valence-corrected chi connectivity index (χ4v) is 9.73. The van der Waals surface area contributed by atoms with E-state index in [0.29, 0.717) is 17.4 Å². The maximum Gasteiger partial charge on any atom is 0.306 e. The Morgan fingerprint density at radius 3 is 1.05 bits per heavy atom. The van der Waals surface area contributed by atoms with Gasteiger partial charge >= 0.3 is 11.9 Å². The number of allylic oxidation sites excluding steroid dienone is 18. The van der Waals surface area contributed by atoms with Crippen molar-refractivity contribution in [2.45, 2.75) is 283 Å². The van der Waals surface area contributed by atoms with E-state index in [1.54, 1.807) is 0 Å². The molecule has 0 saturated heterocycles. The Hall–Kier alpha value is -3.33. The van der Waals surface area contributed by atoms with Crippen molar-refractivity contribution in [1.82, 2.24) is 0 Å². The molecule has 0 aromatic heterocycles. The van der Waals surface area contributed by atoms with Gasteiger partial charge in [0.1, 0.15) is 19.8 Å². The number of likely N-dealkylation sites (N-methyl/N-ethyl adjacent to an activating group) is 1. The van der Waals surface area contributed by atoms with Crippen LogP contribution in [-0.2, 0) is 32.7 Å². The molecule has 10 heteroatoms. The second-order valence-corrected chi connectivity index (χ2v) is 24.5. The Kier molecular flexibility index (Phi) is 58.7. The minimum atomic E-state index is -4.64. The number of quaternary nitrogens is 1. The van der Waals surface area contributed by atoms with Crippen molar-refractivity contribution in [3.8, 4) is 0 Å². The van der Waals surface area contributed by atoms with Crippen molar-refractivity contribution in [2.24, 2.45) is 0 Å². The van der Waals surface area contributed by atoms with Crippen LogP contribution in [0.4, 0.5) is 0 Å². The molecule has 466 valence electrons. The third-order valence-electron chi connectivity index (χ3n) is 14.1. The van der Waals surface area contributed by atoms with Crippen molar-refractivity contribution >= 4 is 19.8 Å². The number of phosphoric ester groups is 1. The zero-order valence-electron chi connectivity index (χ0n) is 52.9. The van der Waals surface area contributed by atoms with Gasteiger partial charge in [-0.25, -0.2) is 0 Å². The average molecular weight is 1150 g/mol. The van der Waals surface area contributed by atoms with Crippen LogP contribution in [0.1, 0.15) is 277 Å². The van der Waals surface area contributed by atoms with E-state index in [4.69, 9.17) is 18.5 Å². The first-order chi connectivity index (χ1) is 39.5. The first-order valence-electron chi connectivity index (χ1n) is 33.1. The molecular formula is C71H124NO8P. The fourth-order valence-electron chi connectivity index (χ4n) is 9.00. The quantitative estimate of drug-likeness (QED) is 0.0195. The number of phosphoric acid groups is 1. The van der Waals surface area contributed by atoms with Gasteiger partial charge in [-0.1, -0.05) is 290 Å². The summed E-state index contributed by atoms with van der Waals surface area (Å²) in [6.45, 7) is 4.14. The van der Waals surface area contributed by atoms with E-state index in [2.05, 4.69) is 123 Å². The summed E-state index contributed by atoms with van der Waals surface area (Å²) in [5.74, 6) is -0.828. The molecule has 2 unspecified atom stereocenters. The molecular weight excluding hydrogens is 1030 g/mol. The Balaban J connectivity index is 4.02. The van der Waals surface area contributed by atoms with Crippen molar-refractivity contribution in [2.75, 3.05) is 47.5 Å². The number of esters is 2. The third kappa shape index (κ3) is 65.7. The van der Waals surface area contributed by atoms with Gasteiger partial charge in [0.25, 0.3) is 7.82 Å². The van der Waals surface area contributed by atoms with Crippen LogP contribution in [0.15, 0.2) is 109 Å². The maximum atomic E-state index is 12.8. The molecule has 0 fully saturated rings. The van der Waals surface area contributed by atoms with Gasteiger partial charge in [0.15, 0.2) is 6.10 Å². The number of carbonyl (C=O) groups excluding carboxylic acids is 2. The molecule has 0 aliphatic rings. The lowest BCUT2D eigenvalue weighted by Gasteiger charge is -2.28. The summed E-state index contributed by atoms with van der Waals surface area (Å²) in [5, 5.41) is 0. The maximum absolute atomic E-state index is 12.8. The molecule has 0 aromatic rings. The molecule has 0 bridgehead atoms. The normalized spacial score (nSPS) is 13.9. The minimum absolute atomic E-state index is 0.0328. The summed E-state index contributed by atoms with van der Waals surface area (Å²) in [7, 11) is 1.17. The van der Waals surface area contributed by atoms with Crippen LogP contribution in [0.2, 0.25) is 0 Å². The van der Waals surface area contributed by atoms with Crippen molar-refractivity contribution in [3.63, 3.8) is 0 Å². The summed E-state index contributed by atoms with van der Waals surface area (Å²) in [6.07, 6.45) is 85.9. The van der Waals surface area contributed by atoms with Gasteiger partial charge < -0.3 is 27.9 Å². The van der Waals surface area contributed by atoms with E-state index >= 15 is 0 Å². The van der Waals surface area contributed by atoms with Crippen LogP contribution in [0.25, 0.3) is 0 Å². The number of ether oxygens (including phenoxy) is 2. The van der Waals surface area contributed by atoms with E-state index in [-0.39, 0.29) is 32.0 Å². The van der Waals surface area contributed by atoms with Gasteiger partial charge in [-0.15, -0.1) is 0 Å². The molecule has 2 atom stereocenters. The molecule has 0 aliphatic heterocycles. The monoisotopic (exact) mass is 1150 g/mol. The number of carbonyl (C=O) groups is 2. The van der Waals surface area contributed by atoms with Crippen LogP contribution in [0.5, 0.6) is 0 Å². The number of unbranched alkanes of at least 4 members (excludes halogenated alkanes) is 28. The Morgan fingerprint density at radius 1 is 0.395 bits per heavy atom. The Labute approximate surface area is 499 Å². The Bertz CT molecular complexity index is 1730. The van der Waals surface area contributed by atoms with Crippen molar-refractivity contribution < 1.29 is 42.1 Å². The van der Waals surface area contributed by atoms with Crippen LogP contribution in [0, 0.1) is 0 Å². The number of hydrogen-bond donors (Lipinski definition) is 0. The molecule has 0 aromatic carbocycles. The van der Waals surface area contributed by atoms with Gasteiger partial charge in [0.05, 0.1) is 27.7 Å². The van der Waals surface area contributed by atoms with E-state index in [1.165, 1.54) is 148 Å². The SMILES string of the molecule is CC/C=C\C/C=C\C/C=C\C/C=C\C/C=C\C/C=C\C/C=C\C/C=C\C/C=C\CCCCCCCCCCCCCCCC(=O)OC(COC(=O)CCCCCCCCCCCCCCCCCC)COP(=O)([O-])OCC[N+](C)(C)C. The van der Waals surface area contributed by atoms with Gasteiger partial charge in [-0.05, 0) is 83.5 Å². The van der Waals surface area contributed by atoms with E-state index in [1.807, 2.05) is 21.1 Å². The molecule has 0 aliphatic carbocycles. The molecule has 0 N–H and O–H groups in total. The van der Waals surface area contributed by atoms with Crippen LogP contribution < -0.4 is 4.89 Å². The van der Waals surface area contributed by atoms with Crippen LogP contribution in [-0.4, -0.2) is 70.0 Å². The summed E-state index contributed by atoms with van der Waals surface area (Å²) >= 11 is 0. The number of rotatable bonds is 60. The average Bonchev–Trinajstić information content (AvgIpc) is 3.43. The standard InChI is InChI=1S/C71H124NO8P/c1-6-8-10-12-14-16-18-20-22-24-25-26-27-28-29-30-31-32-33-34-35-36-37-38-39-40-41-42-43-44-45-46-47-48-50-52-54-56-58-60-62-64-71(74)80-69(68-79-81(75,76)78-66-65-72(3,4)5)67-77-70(73)63-61-59-57-55-53-51-49-23-21-19-17-15-13-11-9-7-2/h8,10,14,16,20,22,25-26,28-29,31-32,34-35,37-38,40-41,69H,6-7,9,11-13,15,17-19,21,23-24,27,30,33,36,39,42-68H2,1-5H3/b10-8-,16-14-,22-20-,26-25-,29-28-,32-31-,35-34-,38-37-,41-40-. The summed E-state index contributed by atoms with van der Waals surface area (Å²) < 4.78 is 34.2. The highest BCUT2D eigenvalue weighted by atomic mass is 31.2. The second-order valence-electron chi connectivity index (χ2n) is 23.1. The zero-order valence-corrected chi connectivity index (χ0v) is 53.8. The number of hydrogen-bond acceptors (Lipinski definition) is 8. The lowest BCUT2D eigenvalue weighted by Crippen LogP contribution is -2.37. The molecule has 0 rings (SSSR count). The molecule has 0 heterocycles. The highest BCUT2D eigenvalue weighted by Crippen LogP contribution is 2.38. The third-order valence-corrected chi connectivity index (χ3v) is 15.0. The Morgan fingerprint density at radius 2 is 0.704 bits per heavy atom. The van der Waals surface area contributed by atoms with Crippen molar-refractivity contribution in [1.29, 1.82) is 0 Å². The molecule has 0 spiro atoms. The van der Waals surface area contributed by atoms with E-state index in [0.717, 1.165) is 96.3 Å². The van der Waals surface area contributed by atoms with Gasteiger partial charge in [0, 0.05) is 12.8 Å². The zero-order chi connectivity index (χ0) is 59.1. The predicted octanol–water partition coefficient (Wildman–Crippen LogP) is 20.7. The summed E-state index contributed by atoms with van der Waals surface area (Å²) in [5.41, 5.74) is 0. The lowest BCUT2D eigenvalue weighted by molar-refractivity contribution is -0.870. The fraction of sp³-hybridized carbons (Fsp3) is 0.718. The van der Waals surface area contributed by atoms with Crippen molar-refractivity contribution in [3.05, 3.63) is 109 Å². The van der Waals surface area contributed by atoms with Crippen LogP contribution >= 0.6 is 7.82 Å². The lowest BCUT2D eigenvalue weighted by atomic mass is 10.0. The smallest absolute Gasteiger partial charge is 0.306 e. The predicted molar refractivity (Wildman–Crippen MR) is 346 cm³/mol. The molecule has 0 saturated carbocycles. The topological polar surface area (TPSA) is 111 Å². The van der Waals surface area contributed by atoms with Gasteiger partial charge in [-0.2, -0.15) is 0 Å². The highest BCUT2D eigenvalue weighted by molar-refractivity contribution is 7.45. The van der Waals surface area contributed by atoms with Gasteiger partial charge in [-0.3, -0.25) is 14.2 Å². The minimum Gasteiger partial charge on any atom is -0.756 e. The summed E-state index contributed by atoms with van der Waals surface area (Å²) in [4.78, 5) is 37.9. The molecule has 0 amide bonds.